The van der Waals surface area contributed by atoms with E-state index in [2.05, 4.69) is 29.4 Å². The Morgan fingerprint density at radius 3 is 2.59 bits per heavy atom. The summed E-state index contributed by atoms with van der Waals surface area (Å²) in [7, 11) is 0. The lowest BCUT2D eigenvalue weighted by molar-refractivity contribution is -0.120. The molecule has 0 radical (unpaired) electrons. The molecule has 0 saturated heterocycles. The predicted molar refractivity (Wildman–Crippen MR) is 129 cm³/mol. The van der Waals surface area contributed by atoms with E-state index in [0.29, 0.717) is 28.8 Å². The van der Waals surface area contributed by atoms with E-state index in [1.54, 1.807) is 4.57 Å². The topological polar surface area (TPSA) is 81.3 Å². The van der Waals surface area contributed by atoms with Gasteiger partial charge in [-0.2, -0.15) is 0 Å². The number of benzene rings is 2. The number of carbonyl (C=O) groups is 1. The fourth-order valence-corrected chi connectivity index (χ4v) is 4.47. The molecule has 1 N–H and O–H groups in total. The molecule has 2 aromatic heterocycles. The Morgan fingerprint density at radius 1 is 1.09 bits per heavy atom. The first kappa shape index (κ1) is 22.1. The zero-order valence-corrected chi connectivity index (χ0v) is 19.7. The average Bonchev–Trinajstić information content (AvgIpc) is 3.17. The maximum Gasteiger partial charge on any atom is 0.267 e. The summed E-state index contributed by atoms with van der Waals surface area (Å²) in [5, 5.41) is 12.5. The van der Waals surface area contributed by atoms with Gasteiger partial charge in [0.1, 0.15) is 0 Å². The maximum absolute atomic E-state index is 13.5. The van der Waals surface area contributed by atoms with Gasteiger partial charge in [-0.25, -0.2) is 4.57 Å². The largest absolute Gasteiger partial charge is 0.355 e. The van der Waals surface area contributed by atoms with Crippen LogP contribution in [0, 0.1) is 19.8 Å². The number of amides is 1. The van der Waals surface area contributed by atoms with Gasteiger partial charge in [0.15, 0.2) is 5.16 Å². The van der Waals surface area contributed by atoms with Crippen LogP contribution in [0.1, 0.15) is 31.9 Å². The van der Waals surface area contributed by atoms with Crippen molar-refractivity contribution in [3.8, 4) is 5.69 Å². The SMILES string of the molecule is Cc1ccc(C)c(-n2c(=O)c3ccccc3n3c(SC(C)C(=O)NCC(C)C)nnc23)c1. The van der Waals surface area contributed by atoms with Crippen molar-refractivity contribution in [1.82, 2.24) is 24.5 Å². The van der Waals surface area contributed by atoms with Gasteiger partial charge < -0.3 is 5.32 Å². The number of nitrogens with one attached hydrogen (secondary N) is 1. The van der Waals surface area contributed by atoms with Gasteiger partial charge in [0.05, 0.1) is 21.8 Å². The van der Waals surface area contributed by atoms with Crippen LogP contribution in [-0.4, -0.2) is 36.9 Å². The van der Waals surface area contributed by atoms with Crippen LogP contribution in [0.5, 0.6) is 0 Å². The summed E-state index contributed by atoms with van der Waals surface area (Å²) >= 11 is 1.33. The molecule has 4 rings (SSSR count). The van der Waals surface area contributed by atoms with Crippen molar-refractivity contribution in [2.75, 3.05) is 6.54 Å². The van der Waals surface area contributed by atoms with Gasteiger partial charge in [0.25, 0.3) is 5.56 Å². The van der Waals surface area contributed by atoms with Gasteiger partial charge in [0, 0.05) is 6.54 Å². The van der Waals surface area contributed by atoms with Gasteiger partial charge in [-0.1, -0.05) is 49.9 Å². The molecule has 166 valence electrons. The highest BCUT2D eigenvalue weighted by Gasteiger charge is 2.22. The molecular formula is C24H27N5O2S. The van der Waals surface area contributed by atoms with E-state index in [-0.39, 0.29) is 16.7 Å². The van der Waals surface area contributed by atoms with Crippen molar-refractivity contribution < 1.29 is 4.79 Å². The third kappa shape index (κ3) is 4.02. The van der Waals surface area contributed by atoms with Crippen molar-refractivity contribution >= 4 is 34.3 Å². The summed E-state index contributed by atoms with van der Waals surface area (Å²) in [6.07, 6.45) is 0. The lowest BCUT2D eigenvalue weighted by Gasteiger charge is -2.15. The fraction of sp³-hybridized carbons (Fsp3) is 0.333. The fourth-order valence-electron chi connectivity index (χ4n) is 3.59. The summed E-state index contributed by atoms with van der Waals surface area (Å²) in [5.41, 5.74) is 3.36. The molecule has 0 aliphatic rings. The molecule has 0 aliphatic carbocycles. The molecule has 0 fully saturated rings. The van der Waals surface area contributed by atoms with Gasteiger partial charge in [-0.05, 0) is 56.0 Å². The first-order valence-electron chi connectivity index (χ1n) is 10.7. The van der Waals surface area contributed by atoms with Crippen LogP contribution < -0.4 is 10.9 Å². The van der Waals surface area contributed by atoms with Gasteiger partial charge in [0.2, 0.25) is 11.7 Å². The molecule has 7 nitrogen and oxygen atoms in total. The first-order valence-corrected chi connectivity index (χ1v) is 11.6. The van der Waals surface area contributed by atoms with Crippen molar-refractivity contribution in [1.29, 1.82) is 0 Å². The van der Waals surface area contributed by atoms with Crippen LogP contribution in [0.25, 0.3) is 22.4 Å². The Morgan fingerprint density at radius 2 is 1.84 bits per heavy atom. The smallest absolute Gasteiger partial charge is 0.267 e. The second-order valence-electron chi connectivity index (χ2n) is 8.46. The number of aromatic nitrogens is 4. The lowest BCUT2D eigenvalue weighted by atomic mass is 10.1. The molecule has 2 aromatic carbocycles. The van der Waals surface area contributed by atoms with Crippen LogP contribution in [0.2, 0.25) is 0 Å². The summed E-state index contributed by atoms with van der Waals surface area (Å²) in [6.45, 7) is 10.6. The average molecular weight is 450 g/mol. The normalized spacial score (nSPS) is 12.6. The van der Waals surface area contributed by atoms with Gasteiger partial charge in [-0.15, -0.1) is 10.2 Å². The predicted octanol–water partition coefficient (Wildman–Crippen LogP) is 3.90. The summed E-state index contributed by atoms with van der Waals surface area (Å²) in [5.74, 6) is 0.758. The molecule has 32 heavy (non-hydrogen) atoms. The molecule has 0 saturated carbocycles. The third-order valence-electron chi connectivity index (χ3n) is 5.34. The number of hydrogen-bond acceptors (Lipinski definition) is 5. The first-order chi connectivity index (χ1) is 15.3. The molecule has 2 heterocycles. The standard InChI is InChI=1S/C24H27N5O2S/c1-14(2)13-25-21(30)17(5)32-24-27-26-23-28(20-12-15(3)10-11-16(20)4)22(31)18-8-6-7-9-19(18)29(23)24/h6-12,14,17H,13H2,1-5H3,(H,25,30). The van der Waals surface area contributed by atoms with E-state index in [4.69, 9.17) is 0 Å². The van der Waals surface area contributed by atoms with E-state index in [1.807, 2.05) is 67.6 Å². The molecular weight excluding hydrogens is 422 g/mol. The maximum atomic E-state index is 13.5. The number of rotatable bonds is 6. The van der Waals surface area contributed by atoms with Crippen molar-refractivity contribution in [3.63, 3.8) is 0 Å². The van der Waals surface area contributed by atoms with Gasteiger partial charge in [-0.3, -0.25) is 14.0 Å². The number of nitrogens with zero attached hydrogens (tertiary/aromatic N) is 4. The molecule has 0 spiro atoms. The van der Waals surface area contributed by atoms with E-state index in [1.165, 1.54) is 11.8 Å². The van der Waals surface area contributed by atoms with E-state index < -0.39 is 0 Å². The highest BCUT2D eigenvalue weighted by molar-refractivity contribution is 8.00. The monoisotopic (exact) mass is 449 g/mol. The summed E-state index contributed by atoms with van der Waals surface area (Å²) in [4.78, 5) is 26.1. The number of thioether (sulfide) groups is 1. The minimum absolute atomic E-state index is 0.0485. The number of para-hydroxylation sites is 1. The van der Waals surface area contributed by atoms with E-state index >= 15 is 0 Å². The minimum Gasteiger partial charge on any atom is -0.355 e. The van der Waals surface area contributed by atoms with Crippen LogP contribution in [0.15, 0.2) is 52.4 Å². The molecule has 1 atom stereocenters. The summed E-state index contributed by atoms with van der Waals surface area (Å²) < 4.78 is 3.49. The third-order valence-corrected chi connectivity index (χ3v) is 6.38. The number of hydrogen-bond donors (Lipinski definition) is 1. The van der Waals surface area contributed by atoms with E-state index in [0.717, 1.165) is 22.3 Å². The highest BCUT2D eigenvalue weighted by atomic mass is 32.2. The number of carbonyl (C=O) groups excluding carboxylic acids is 1. The Bertz CT molecular complexity index is 1370. The van der Waals surface area contributed by atoms with Crippen molar-refractivity contribution in [2.24, 2.45) is 5.92 Å². The minimum atomic E-state index is -0.360. The molecule has 0 aliphatic heterocycles. The van der Waals surface area contributed by atoms with Crippen molar-refractivity contribution in [2.45, 2.75) is 45.0 Å². The Hall–Kier alpha value is -3.13. The Balaban J connectivity index is 1.90. The molecule has 1 unspecified atom stereocenters. The number of aryl methyl sites for hydroxylation is 2. The summed E-state index contributed by atoms with van der Waals surface area (Å²) in [6, 6.07) is 13.4. The van der Waals surface area contributed by atoms with Crippen molar-refractivity contribution in [3.05, 3.63) is 63.9 Å². The van der Waals surface area contributed by atoms with E-state index in [9.17, 15) is 9.59 Å². The van der Waals surface area contributed by atoms with Gasteiger partial charge >= 0.3 is 0 Å². The second kappa shape index (κ2) is 8.78. The quantitative estimate of drug-likeness (QED) is 0.452. The molecule has 1 amide bonds. The zero-order chi connectivity index (χ0) is 23.0. The Kier molecular flexibility index (Phi) is 6.06. The lowest BCUT2D eigenvalue weighted by Crippen LogP contribution is -2.33. The molecule has 0 bridgehead atoms. The van der Waals surface area contributed by atoms with Crippen LogP contribution in [-0.2, 0) is 4.79 Å². The van der Waals surface area contributed by atoms with Crippen LogP contribution in [0.3, 0.4) is 0 Å². The van der Waals surface area contributed by atoms with Crippen LogP contribution >= 0.6 is 11.8 Å². The second-order valence-corrected chi connectivity index (χ2v) is 9.77. The zero-order valence-electron chi connectivity index (χ0n) is 18.9. The van der Waals surface area contributed by atoms with Crippen LogP contribution in [0.4, 0.5) is 0 Å². The number of fused-ring (bicyclic) bond motifs is 3. The Labute approximate surface area is 190 Å². The molecule has 8 heteroatoms. The molecule has 4 aromatic rings. The highest BCUT2D eigenvalue weighted by Crippen LogP contribution is 2.27.